The van der Waals surface area contributed by atoms with E-state index in [1.165, 1.54) is 0 Å². The number of amides is 1. The van der Waals surface area contributed by atoms with Gasteiger partial charge in [0.15, 0.2) is 5.50 Å². The minimum Gasteiger partial charge on any atom is -0.378 e. The highest BCUT2D eigenvalue weighted by molar-refractivity contribution is 7.85. The average molecular weight is 413 g/mol. The van der Waals surface area contributed by atoms with Crippen molar-refractivity contribution in [1.29, 1.82) is 0 Å². The van der Waals surface area contributed by atoms with E-state index < -0.39 is 28.3 Å². The summed E-state index contributed by atoms with van der Waals surface area (Å²) < 4.78 is 33.7. The second-order valence-electron chi connectivity index (χ2n) is 7.23. The van der Waals surface area contributed by atoms with E-state index in [0.717, 1.165) is 11.3 Å². The van der Waals surface area contributed by atoms with Crippen LogP contribution in [0.4, 0.5) is 10.1 Å². The number of carbonyl (C=O) groups excluding carboxylic acids is 1. The molecule has 0 aliphatic carbocycles. The predicted octanol–water partition coefficient (Wildman–Crippen LogP) is 2.50. The number of benzene rings is 2. The van der Waals surface area contributed by atoms with Gasteiger partial charge in [-0.25, -0.2) is 4.39 Å². The highest BCUT2D eigenvalue weighted by Crippen LogP contribution is 2.48. The van der Waals surface area contributed by atoms with Crippen LogP contribution < -0.4 is 5.01 Å². The first-order valence-electron chi connectivity index (χ1n) is 9.60. The first-order valence-corrected chi connectivity index (χ1v) is 10.8. The second kappa shape index (κ2) is 7.35. The lowest BCUT2D eigenvalue weighted by atomic mass is 9.89. The molecule has 0 radical (unpaired) electrons. The molecule has 1 fully saturated rings. The van der Waals surface area contributed by atoms with E-state index >= 15 is 4.39 Å². The molecule has 0 N–H and O–H groups in total. The minimum absolute atomic E-state index is 0.135. The topological polar surface area (TPSA) is 62.2 Å². The van der Waals surface area contributed by atoms with E-state index in [4.69, 9.17) is 4.74 Å². The molecule has 2 aromatic carbocycles. The number of ether oxygens (including phenoxy) is 1. The first-order chi connectivity index (χ1) is 14.2. The van der Waals surface area contributed by atoms with Crippen LogP contribution in [0.1, 0.15) is 11.6 Å². The van der Waals surface area contributed by atoms with Crippen molar-refractivity contribution in [3.63, 3.8) is 0 Å². The minimum atomic E-state index is -1.85. The van der Waals surface area contributed by atoms with Gasteiger partial charge in [0.05, 0.1) is 41.7 Å². The van der Waals surface area contributed by atoms with Crippen LogP contribution in [0.5, 0.6) is 0 Å². The number of nitrogens with zero attached hydrogens (tertiary/aromatic N) is 3. The van der Waals surface area contributed by atoms with E-state index in [1.54, 1.807) is 22.0 Å². The van der Waals surface area contributed by atoms with E-state index in [0.29, 0.717) is 31.2 Å². The summed E-state index contributed by atoms with van der Waals surface area (Å²) in [6.45, 7) is 1.78. The van der Waals surface area contributed by atoms with Crippen molar-refractivity contribution in [2.75, 3.05) is 31.3 Å². The molecule has 150 valence electrons. The number of para-hydroxylation sites is 1. The van der Waals surface area contributed by atoms with Crippen molar-refractivity contribution in [3.05, 3.63) is 60.2 Å². The largest absolute Gasteiger partial charge is 0.378 e. The van der Waals surface area contributed by atoms with Crippen LogP contribution in [-0.2, 0) is 20.3 Å². The predicted molar refractivity (Wildman–Crippen MR) is 108 cm³/mol. The van der Waals surface area contributed by atoms with Gasteiger partial charge in [0.1, 0.15) is 5.71 Å². The van der Waals surface area contributed by atoms with Crippen LogP contribution in [0.3, 0.4) is 0 Å². The van der Waals surface area contributed by atoms with Crippen molar-refractivity contribution in [2.24, 2.45) is 11.0 Å². The number of carbonyl (C=O) groups is 1. The number of anilines is 1. The fourth-order valence-corrected chi connectivity index (χ4v) is 5.64. The molecule has 8 heteroatoms. The Labute approximate surface area is 170 Å². The molecule has 1 saturated heterocycles. The molecule has 3 aliphatic rings. The average Bonchev–Trinajstić information content (AvgIpc) is 3.19. The molecule has 4 unspecified atom stereocenters. The summed E-state index contributed by atoms with van der Waals surface area (Å²) in [4.78, 5) is 15.4. The molecule has 6 nitrogen and oxygen atoms in total. The van der Waals surface area contributed by atoms with Crippen molar-refractivity contribution in [2.45, 2.75) is 16.4 Å². The summed E-state index contributed by atoms with van der Waals surface area (Å²) in [5, 5.41) is 6.31. The van der Waals surface area contributed by atoms with E-state index in [9.17, 15) is 9.00 Å². The molecule has 4 atom stereocenters. The summed E-state index contributed by atoms with van der Waals surface area (Å²) in [6, 6.07) is 16.0. The number of alkyl halides is 1. The zero-order chi connectivity index (χ0) is 20.0. The van der Waals surface area contributed by atoms with Crippen molar-refractivity contribution in [1.82, 2.24) is 4.90 Å². The maximum atomic E-state index is 15.5. The molecule has 0 saturated carbocycles. The third-order valence-corrected chi connectivity index (χ3v) is 7.12. The van der Waals surface area contributed by atoms with Gasteiger partial charge in [-0.1, -0.05) is 36.4 Å². The number of halogens is 1. The molecular weight excluding hydrogens is 393 g/mol. The Morgan fingerprint density at radius 3 is 2.52 bits per heavy atom. The fraction of sp³-hybridized carbons (Fsp3) is 0.333. The van der Waals surface area contributed by atoms with Gasteiger partial charge < -0.3 is 9.64 Å². The highest BCUT2D eigenvalue weighted by atomic mass is 32.2. The molecule has 0 aromatic heterocycles. The van der Waals surface area contributed by atoms with E-state index in [-0.39, 0.29) is 11.6 Å². The number of hydrogen-bond acceptors (Lipinski definition) is 5. The second-order valence-corrected chi connectivity index (χ2v) is 8.71. The van der Waals surface area contributed by atoms with Crippen LogP contribution in [0.2, 0.25) is 0 Å². The molecular formula is C21H20FN3O3S. The Morgan fingerprint density at radius 2 is 1.76 bits per heavy atom. The first kappa shape index (κ1) is 18.4. The molecule has 0 bridgehead atoms. The third-order valence-electron chi connectivity index (χ3n) is 5.61. The zero-order valence-corrected chi connectivity index (χ0v) is 16.4. The Kier molecular flexibility index (Phi) is 4.67. The fourth-order valence-electron chi connectivity index (χ4n) is 4.21. The molecule has 0 spiro atoms. The summed E-state index contributed by atoms with van der Waals surface area (Å²) in [7, 11) is -1.85. The SMILES string of the molecule is O=C(C1=NN(c2ccccc2)C2c3ccccc3S(=O)C(F)C12)N1CCOCC1. The summed E-state index contributed by atoms with van der Waals surface area (Å²) >= 11 is 0. The van der Waals surface area contributed by atoms with Gasteiger partial charge in [0, 0.05) is 18.0 Å². The maximum Gasteiger partial charge on any atom is 0.270 e. The molecule has 29 heavy (non-hydrogen) atoms. The standard InChI is InChI=1S/C21H20FN3O3S/c22-20-17-18(21(26)24-10-12-28-13-11-24)23-25(14-6-2-1-3-7-14)19(17)15-8-4-5-9-16(15)29(20)27/h1-9,17,19-20H,10-13H2. The monoisotopic (exact) mass is 413 g/mol. The quantitative estimate of drug-likeness (QED) is 0.759. The maximum absolute atomic E-state index is 15.5. The number of rotatable bonds is 2. The van der Waals surface area contributed by atoms with Gasteiger partial charge >= 0.3 is 0 Å². The van der Waals surface area contributed by atoms with Crippen LogP contribution in [-0.4, -0.2) is 52.5 Å². The summed E-state index contributed by atoms with van der Waals surface area (Å²) in [5.41, 5.74) is -0.0486. The Hall–Kier alpha value is -2.58. The normalized spacial score (nSPS) is 28.5. The van der Waals surface area contributed by atoms with Gasteiger partial charge in [0.2, 0.25) is 0 Å². The smallest absolute Gasteiger partial charge is 0.270 e. The Balaban J connectivity index is 1.63. The van der Waals surface area contributed by atoms with Gasteiger partial charge in [-0.05, 0) is 23.8 Å². The molecule has 5 rings (SSSR count). The highest BCUT2D eigenvalue weighted by Gasteiger charge is 2.53. The lowest BCUT2D eigenvalue weighted by Crippen LogP contribution is -2.48. The molecule has 3 aliphatic heterocycles. The zero-order valence-electron chi connectivity index (χ0n) is 15.6. The molecule has 1 amide bonds. The van der Waals surface area contributed by atoms with Crippen LogP contribution in [0.15, 0.2) is 64.6 Å². The van der Waals surface area contributed by atoms with Gasteiger partial charge in [-0.2, -0.15) is 5.10 Å². The summed E-state index contributed by atoms with van der Waals surface area (Å²) in [5.74, 6) is -1.19. The number of hydrazone groups is 1. The number of hydrogen-bond donors (Lipinski definition) is 0. The van der Waals surface area contributed by atoms with Gasteiger partial charge in [-0.15, -0.1) is 0 Å². The summed E-state index contributed by atoms with van der Waals surface area (Å²) in [6.07, 6.45) is 0. The lowest BCUT2D eigenvalue weighted by molar-refractivity contribution is -0.128. The van der Waals surface area contributed by atoms with Crippen LogP contribution >= 0.6 is 0 Å². The van der Waals surface area contributed by atoms with Crippen LogP contribution in [0.25, 0.3) is 0 Å². The Bertz CT molecular complexity index is 994. The molecule has 3 heterocycles. The van der Waals surface area contributed by atoms with Gasteiger partial charge in [-0.3, -0.25) is 14.0 Å². The number of fused-ring (bicyclic) bond motifs is 3. The van der Waals surface area contributed by atoms with Gasteiger partial charge in [0.25, 0.3) is 5.91 Å². The number of morpholine rings is 1. The van der Waals surface area contributed by atoms with E-state index in [2.05, 4.69) is 5.10 Å². The van der Waals surface area contributed by atoms with E-state index in [1.807, 2.05) is 42.5 Å². The Morgan fingerprint density at radius 1 is 1.07 bits per heavy atom. The van der Waals surface area contributed by atoms with Crippen molar-refractivity contribution >= 4 is 28.1 Å². The third kappa shape index (κ3) is 2.98. The van der Waals surface area contributed by atoms with Crippen molar-refractivity contribution in [3.8, 4) is 0 Å². The molecule has 2 aromatic rings. The van der Waals surface area contributed by atoms with Crippen molar-refractivity contribution < 1.29 is 18.1 Å². The lowest BCUT2D eigenvalue weighted by Gasteiger charge is -2.35. The van der Waals surface area contributed by atoms with Crippen LogP contribution in [0, 0.1) is 5.92 Å².